The van der Waals surface area contributed by atoms with Gasteiger partial charge in [-0.05, 0) is 12.5 Å². The number of nitrogens with one attached hydrogen (secondary N) is 1. The predicted molar refractivity (Wildman–Crippen MR) is 112 cm³/mol. The molecule has 0 saturated heterocycles. The number of benzene rings is 1. The van der Waals surface area contributed by atoms with Gasteiger partial charge in [0.05, 0.1) is 12.1 Å². The highest BCUT2D eigenvalue weighted by Crippen LogP contribution is 2.53. The van der Waals surface area contributed by atoms with Gasteiger partial charge in [0.1, 0.15) is 17.2 Å². The molecule has 2 atom stereocenters. The van der Waals surface area contributed by atoms with E-state index in [9.17, 15) is 28.3 Å². The van der Waals surface area contributed by atoms with E-state index < -0.39 is 40.2 Å². The fourth-order valence-corrected chi connectivity index (χ4v) is 4.27. The van der Waals surface area contributed by atoms with Gasteiger partial charge in [0.2, 0.25) is 5.43 Å². The average molecular weight is 470 g/mol. The largest absolute Gasteiger partial charge is 0.503 e. The lowest BCUT2D eigenvalue weighted by atomic mass is 10.0. The van der Waals surface area contributed by atoms with Crippen LogP contribution in [-0.2, 0) is 16.8 Å². The molecule has 4 rings (SSSR count). The van der Waals surface area contributed by atoms with Gasteiger partial charge in [0, 0.05) is 51.0 Å². The van der Waals surface area contributed by atoms with E-state index >= 15 is 0 Å². The first kappa shape index (κ1) is 23.7. The van der Waals surface area contributed by atoms with Crippen molar-refractivity contribution in [3.63, 3.8) is 0 Å². The standard InChI is InChI=1S/C21H21F2N3O5.ClH/c1-25-10-21(6-12(21)9-31-2)26-8-14(17(27)18(28)16(26)20(25)30)19(29)24-7-11-3-4-13(22)5-15(11)23;/h3-5,8,12,28H,6-7,9-10H2,1-2H3,(H,24,29);1H/t12-,21-;/m1./s1. The summed E-state index contributed by atoms with van der Waals surface area (Å²) in [6.45, 7) is 0.475. The molecule has 2 aromatic rings. The number of aromatic nitrogens is 1. The Morgan fingerprint density at radius 3 is 2.72 bits per heavy atom. The summed E-state index contributed by atoms with van der Waals surface area (Å²) in [5, 5.41) is 12.9. The van der Waals surface area contributed by atoms with Crippen molar-refractivity contribution >= 4 is 24.2 Å². The summed E-state index contributed by atoms with van der Waals surface area (Å²) < 4.78 is 33.6. The highest BCUT2D eigenvalue weighted by atomic mass is 35.5. The summed E-state index contributed by atoms with van der Waals surface area (Å²) in [6, 6.07) is 2.93. The number of aromatic hydroxyl groups is 1. The van der Waals surface area contributed by atoms with E-state index in [1.54, 1.807) is 14.2 Å². The van der Waals surface area contributed by atoms with Crippen molar-refractivity contribution < 1.29 is 28.2 Å². The maximum Gasteiger partial charge on any atom is 0.274 e. The Kier molecular flexibility index (Phi) is 6.30. The first-order valence-electron chi connectivity index (χ1n) is 9.65. The van der Waals surface area contributed by atoms with Crippen LogP contribution in [0.1, 0.15) is 32.8 Å². The number of fused-ring (bicyclic) bond motifs is 2. The van der Waals surface area contributed by atoms with Crippen LogP contribution >= 0.6 is 12.4 Å². The predicted octanol–water partition coefficient (Wildman–Crippen LogP) is 1.63. The Morgan fingerprint density at radius 2 is 2.06 bits per heavy atom. The molecule has 8 nitrogen and oxygen atoms in total. The second-order valence-electron chi connectivity index (χ2n) is 7.98. The second kappa shape index (κ2) is 8.51. The average Bonchev–Trinajstić information content (AvgIpc) is 3.40. The van der Waals surface area contributed by atoms with Crippen LogP contribution < -0.4 is 10.7 Å². The number of pyridine rings is 1. The number of methoxy groups -OCH3 is 1. The molecule has 0 radical (unpaired) electrons. The van der Waals surface area contributed by atoms with Crippen LogP contribution in [0.15, 0.2) is 29.2 Å². The van der Waals surface area contributed by atoms with Gasteiger partial charge in [0.25, 0.3) is 11.8 Å². The molecule has 32 heavy (non-hydrogen) atoms. The fourth-order valence-electron chi connectivity index (χ4n) is 4.27. The van der Waals surface area contributed by atoms with Crippen LogP contribution in [0.3, 0.4) is 0 Å². The molecule has 2 aliphatic rings. The van der Waals surface area contributed by atoms with Gasteiger partial charge in [-0.25, -0.2) is 8.78 Å². The topological polar surface area (TPSA) is 101 Å². The molecule has 11 heteroatoms. The zero-order valence-electron chi connectivity index (χ0n) is 17.4. The molecule has 1 aliphatic carbocycles. The molecule has 2 heterocycles. The van der Waals surface area contributed by atoms with Crippen molar-refractivity contribution in [1.82, 2.24) is 14.8 Å². The van der Waals surface area contributed by atoms with Crippen LogP contribution in [0, 0.1) is 17.6 Å². The molecule has 2 amide bonds. The molecular weight excluding hydrogens is 448 g/mol. The second-order valence-corrected chi connectivity index (χ2v) is 7.98. The molecule has 1 fully saturated rings. The number of hydrogen-bond donors (Lipinski definition) is 2. The molecule has 1 aromatic heterocycles. The number of ether oxygens (including phenoxy) is 1. The summed E-state index contributed by atoms with van der Waals surface area (Å²) in [4.78, 5) is 39.4. The molecule has 1 aliphatic heterocycles. The minimum atomic E-state index is -0.994. The van der Waals surface area contributed by atoms with E-state index in [2.05, 4.69) is 5.32 Å². The first-order valence-corrected chi connectivity index (χ1v) is 9.65. The minimum Gasteiger partial charge on any atom is -0.503 e. The van der Waals surface area contributed by atoms with Crippen molar-refractivity contribution in [2.24, 2.45) is 5.92 Å². The minimum absolute atomic E-state index is 0. The van der Waals surface area contributed by atoms with Crippen molar-refractivity contribution in [3.8, 4) is 5.75 Å². The molecule has 1 spiro atoms. The van der Waals surface area contributed by atoms with E-state index in [1.807, 2.05) is 0 Å². The van der Waals surface area contributed by atoms with Gasteiger partial charge >= 0.3 is 0 Å². The summed E-state index contributed by atoms with van der Waals surface area (Å²) in [5.74, 6) is -3.72. The fraction of sp³-hybridized carbons (Fsp3) is 0.381. The van der Waals surface area contributed by atoms with Gasteiger partial charge in [-0.1, -0.05) is 6.07 Å². The molecule has 0 bridgehead atoms. The zero-order valence-corrected chi connectivity index (χ0v) is 18.2. The van der Waals surface area contributed by atoms with E-state index in [4.69, 9.17) is 4.74 Å². The summed E-state index contributed by atoms with van der Waals surface area (Å²) >= 11 is 0. The molecule has 172 valence electrons. The highest BCUT2D eigenvalue weighted by Gasteiger charge is 2.60. The monoisotopic (exact) mass is 469 g/mol. The number of amides is 2. The van der Waals surface area contributed by atoms with Gasteiger partial charge in [-0.3, -0.25) is 14.4 Å². The number of likely N-dealkylation sites (N-methyl/N-ethyl adjacent to an activating group) is 1. The highest BCUT2D eigenvalue weighted by molar-refractivity contribution is 5.99. The van der Waals surface area contributed by atoms with Crippen LogP contribution in [-0.4, -0.2) is 53.7 Å². The Balaban J connectivity index is 0.00000289. The quantitative estimate of drug-likeness (QED) is 0.693. The Bertz CT molecular complexity index is 1150. The lowest BCUT2D eigenvalue weighted by Crippen LogP contribution is -2.48. The molecule has 2 N–H and O–H groups in total. The molecule has 1 aromatic carbocycles. The molecular formula is C21H22ClF2N3O5. The summed E-state index contributed by atoms with van der Waals surface area (Å²) in [7, 11) is 3.14. The van der Waals surface area contributed by atoms with Crippen LogP contribution in [0.25, 0.3) is 0 Å². The van der Waals surface area contributed by atoms with Crippen molar-refractivity contribution in [2.75, 3.05) is 27.3 Å². The maximum absolute atomic E-state index is 13.8. The number of nitrogens with zero attached hydrogens (tertiary/aromatic N) is 2. The van der Waals surface area contributed by atoms with Crippen LogP contribution in [0.5, 0.6) is 5.75 Å². The third-order valence-electron chi connectivity index (χ3n) is 5.99. The maximum atomic E-state index is 13.8. The number of carbonyl (C=O) groups is 2. The van der Waals surface area contributed by atoms with E-state index in [0.29, 0.717) is 25.6 Å². The number of halogens is 3. The molecule has 0 unspecified atom stereocenters. The van der Waals surface area contributed by atoms with Crippen LogP contribution in [0.4, 0.5) is 8.78 Å². The summed E-state index contributed by atoms with van der Waals surface area (Å²) in [5.41, 5.74) is -2.09. The SMILES string of the molecule is COC[C@H]1C[C@@]12CN(C)C(=O)c1c(O)c(=O)c(C(=O)NCc3ccc(F)cc3F)cn12.Cl. The Morgan fingerprint density at radius 1 is 1.34 bits per heavy atom. The third kappa shape index (κ3) is 3.73. The zero-order chi connectivity index (χ0) is 22.5. The van der Waals surface area contributed by atoms with Crippen LogP contribution in [0.2, 0.25) is 0 Å². The van der Waals surface area contributed by atoms with Gasteiger partial charge in [-0.15, -0.1) is 12.4 Å². The number of carbonyl (C=O) groups excluding carboxylic acids is 2. The van der Waals surface area contributed by atoms with Crippen molar-refractivity contribution in [1.29, 1.82) is 0 Å². The normalized spacial score (nSPS) is 21.2. The summed E-state index contributed by atoms with van der Waals surface area (Å²) in [6.07, 6.45) is 1.92. The van der Waals surface area contributed by atoms with Crippen molar-refractivity contribution in [2.45, 2.75) is 18.5 Å². The Labute approximate surface area is 188 Å². The number of hydrogen-bond acceptors (Lipinski definition) is 5. The number of rotatable bonds is 5. The first-order chi connectivity index (χ1) is 14.7. The van der Waals surface area contributed by atoms with E-state index in [0.717, 1.165) is 6.07 Å². The third-order valence-corrected chi connectivity index (χ3v) is 5.99. The van der Waals surface area contributed by atoms with Crippen molar-refractivity contribution in [3.05, 3.63) is 63.1 Å². The van der Waals surface area contributed by atoms with Gasteiger partial charge < -0.3 is 24.6 Å². The lowest BCUT2D eigenvalue weighted by Gasteiger charge is -2.35. The Hall–Kier alpha value is -2.98. The lowest BCUT2D eigenvalue weighted by molar-refractivity contribution is 0.0664. The van der Waals surface area contributed by atoms with E-state index in [-0.39, 0.29) is 41.7 Å². The van der Waals surface area contributed by atoms with Gasteiger partial charge in [-0.2, -0.15) is 0 Å². The molecule has 1 saturated carbocycles. The van der Waals surface area contributed by atoms with E-state index in [1.165, 1.54) is 21.7 Å². The smallest absolute Gasteiger partial charge is 0.274 e. The van der Waals surface area contributed by atoms with Gasteiger partial charge in [0.15, 0.2) is 11.4 Å².